The van der Waals surface area contributed by atoms with Gasteiger partial charge >= 0.3 is 0 Å². The molecule has 0 aliphatic heterocycles. The molecule has 2 aromatic heterocycles. The van der Waals surface area contributed by atoms with Crippen molar-refractivity contribution in [3.63, 3.8) is 0 Å². The average molecular weight is 487 g/mol. The standard InChI is InChI=1S/C26H23ClN6O2/c1-18-7-8-20(16-28-18)14-25(34)23(13-19-5-3-2-4-6-19)30-26(35)12-9-21-15-22(27)10-11-24(21)33-17-29-31-32-33/h2-12,15-17,23H,13-14H2,1H3,(H,30,35)/b12-9+/t23-/m0/s1. The number of nitrogens with zero attached hydrogens (tertiary/aromatic N) is 5. The monoisotopic (exact) mass is 486 g/mol. The predicted octanol–water partition coefficient (Wildman–Crippen LogP) is 3.57. The summed E-state index contributed by atoms with van der Waals surface area (Å²) in [6, 6.07) is 17.8. The summed E-state index contributed by atoms with van der Waals surface area (Å²) in [6.45, 7) is 1.89. The van der Waals surface area contributed by atoms with Gasteiger partial charge < -0.3 is 5.32 Å². The highest BCUT2D eigenvalue weighted by atomic mass is 35.5. The number of benzene rings is 2. The van der Waals surface area contributed by atoms with E-state index in [1.165, 1.54) is 17.1 Å². The van der Waals surface area contributed by atoms with Crippen LogP contribution in [0.1, 0.15) is 22.4 Å². The Labute approximate surface area is 207 Å². The molecule has 0 radical (unpaired) electrons. The predicted molar refractivity (Wildman–Crippen MR) is 133 cm³/mol. The van der Waals surface area contributed by atoms with Gasteiger partial charge in [0.15, 0.2) is 5.78 Å². The van der Waals surface area contributed by atoms with Gasteiger partial charge in [-0.05, 0) is 65.2 Å². The number of hydrogen-bond acceptors (Lipinski definition) is 6. The lowest BCUT2D eigenvalue weighted by atomic mass is 9.98. The molecule has 0 unspecified atom stereocenters. The fourth-order valence-corrected chi connectivity index (χ4v) is 3.73. The van der Waals surface area contributed by atoms with Crippen molar-refractivity contribution >= 4 is 29.4 Å². The number of Topliss-reactive ketones (excluding diaryl/α,β-unsaturated/α-hetero) is 1. The van der Waals surface area contributed by atoms with E-state index in [9.17, 15) is 9.59 Å². The second kappa shape index (κ2) is 11.3. The van der Waals surface area contributed by atoms with E-state index < -0.39 is 11.9 Å². The Morgan fingerprint density at radius 2 is 1.91 bits per heavy atom. The molecule has 2 heterocycles. The van der Waals surface area contributed by atoms with E-state index in [2.05, 4.69) is 25.8 Å². The van der Waals surface area contributed by atoms with Crippen molar-refractivity contribution < 1.29 is 9.59 Å². The molecule has 0 aliphatic carbocycles. The summed E-state index contributed by atoms with van der Waals surface area (Å²) in [5.41, 5.74) is 3.94. The van der Waals surface area contributed by atoms with E-state index in [0.717, 1.165) is 16.8 Å². The molecule has 0 bridgehead atoms. The molecule has 35 heavy (non-hydrogen) atoms. The summed E-state index contributed by atoms with van der Waals surface area (Å²) in [6.07, 6.45) is 6.69. The van der Waals surface area contributed by atoms with Gasteiger partial charge in [0.05, 0.1) is 11.7 Å². The van der Waals surface area contributed by atoms with E-state index in [-0.39, 0.29) is 12.2 Å². The molecule has 0 spiro atoms. The highest BCUT2D eigenvalue weighted by Crippen LogP contribution is 2.20. The van der Waals surface area contributed by atoms with Crippen molar-refractivity contribution in [3.05, 3.63) is 107 Å². The Hall–Kier alpha value is -4.17. The summed E-state index contributed by atoms with van der Waals surface area (Å²) in [4.78, 5) is 30.3. The van der Waals surface area contributed by atoms with Gasteiger partial charge in [0.1, 0.15) is 6.33 Å². The van der Waals surface area contributed by atoms with Crippen LogP contribution < -0.4 is 5.32 Å². The van der Waals surface area contributed by atoms with Gasteiger partial charge in [0, 0.05) is 35.0 Å². The van der Waals surface area contributed by atoms with Gasteiger partial charge in [-0.2, -0.15) is 4.68 Å². The largest absolute Gasteiger partial charge is 0.342 e. The van der Waals surface area contributed by atoms with Crippen LogP contribution in [0.5, 0.6) is 0 Å². The average Bonchev–Trinajstić information content (AvgIpc) is 3.39. The van der Waals surface area contributed by atoms with Crippen LogP contribution in [0.2, 0.25) is 5.02 Å². The van der Waals surface area contributed by atoms with Crippen molar-refractivity contribution in [3.8, 4) is 5.69 Å². The first kappa shape index (κ1) is 24.0. The van der Waals surface area contributed by atoms with Gasteiger partial charge in [0.2, 0.25) is 5.91 Å². The van der Waals surface area contributed by atoms with Crippen LogP contribution in [0.25, 0.3) is 11.8 Å². The molecule has 4 rings (SSSR count). The Morgan fingerprint density at radius 3 is 2.63 bits per heavy atom. The van der Waals surface area contributed by atoms with Crippen LogP contribution >= 0.6 is 11.6 Å². The zero-order valence-electron chi connectivity index (χ0n) is 19.0. The summed E-state index contributed by atoms with van der Waals surface area (Å²) < 4.78 is 1.48. The topological polar surface area (TPSA) is 103 Å². The molecule has 176 valence electrons. The molecule has 8 nitrogen and oxygen atoms in total. The molecule has 2 aromatic carbocycles. The number of carbonyl (C=O) groups is 2. The van der Waals surface area contributed by atoms with Gasteiger partial charge in [-0.15, -0.1) is 5.10 Å². The van der Waals surface area contributed by atoms with Crippen LogP contribution in [-0.2, 0) is 22.4 Å². The Bertz CT molecular complexity index is 1320. The van der Waals surface area contributed by atoms with Gasteiger partial charge in [-0.25, -0.2) is 0 Å². The summed E-state index contributed by atoms with van der Waals surface area (Å²) >= 11 is 6.15. The number of aromatic nitrogens is 5. The fourth-order valence-electron chi connectivity index (χ4n) is 3.55. The summed E-state index contributed by atoms with van der Waals surface area (Å²) in [7, 11) is 0. The number of halogens is 1. The number of aryl methyl sites for hydroxylation is 1. The van der Waals surface area contributed by atoms with Crippen molar-refractivity contribution in [1.29, 1.82) is 0 Å². The molecular weight excluding hydrogens is 464 g/mol. The third-order valence-corrected chi connectivity index (χ3v) is 5.57. The lowest BCUT2D eigenvalue weighted by Crippen LogP contribution is -2.42. The van der Waals surface area contributed by atoms with Gasteiger partial charge in [-0.3, -0.25) is 14.6 Å². The molecule has 1 N–H and O–H groups in total. The number of amides is 1. The van der Waals surface area contributed by atoms with E-state index >= 15 is 0 Å². The van der Waals surface area contributed by atoms with Gasteiger partial charge in [-0.1, -0.05) is 48.0 Å². The fraction of sp³-hybridized carbons (Fsp3) is 0.154. The minimum Gasteiger partial charge on any atom is -0.342 e. The normalized spacial score (nSPS) is 11.9. The maximum absolute atomic E-state index is 13.2. The SMILES string of the molecule is Cc1ccc(CC(=O)[C@H](Cc2ccccc2)NC(=O)/C=C/c2cc(Cl)ccc2-n2cnnn2)cn1. The first-order chi connectivity index (χ1) is 17.0. The van der Waals surface area contributed by atoms with E-state index in [4.69, 9.17) is 11.6 Å². The van der Waals surface area contributed by atoms with E-state index in [0.29, 0.717) is 22.7 Å². The number of ketones is 1. The van der Waals surface area contributed by atoms with Crippen molar-refractivity contribution in [2.75, 3.05) is 0 Å². The lowest BCUT2D eigenvalue weighted by Gasteiger charge is -2.17. The number of tetrazole rings is 1. The van der Waals surface area contributed by atoms with Crippen LogP contribution in [0, 0.1) is 6.92 Å². The van der Waals surface area contributed by atoms with Crippen molar-refractivity contribution in [1.82, 2.24) is 30.5 Å². The molecule has 9 heteroatoms. The quantitative estimate of drug-likeness (QED) is 0.363. The molecule has 1 atom stereocenters. The maximum Gasteiger partial charge on any atom is 0.244 e. The maximum atomic E-state index is 13.2. The van der Waals surface area contributed by atoms with E-state index in [1.807, 2.05) is 49.4 Å². The molecular formula is C26H23ClN6O2. The first-order valence-corrected chi connectivity index (χ1v) is 11.4. The smallest absolute Gasteiger partial charge is 0.244 e. The van der Waals surface area contributed by atoms with Crippen LogP contribution in [0.4, 0.5) is 0 Å². The number of pyridine rings is 1. The zero-order chi connectivity index (χ0) is 24.6. The molecule has 4 aromatic rings. The Balaban J connectivity index is 1.52. The minimum absolute atomic E-state index is 0.0987. The van der Waals surface area contributed by atoms with Crippen LogP contribution in [0.3, 0.4) is 0 Å². The number of carbonyl (C=O) groups excluding carboxylic acids is 2. The van der Waals surface area contributed by atoms with Crippen LogP contribution in [0.15, 0.2) is 79.3 Å². The second-order valence-electron chi connectivity index (χ2n) is 7.99. The van der Waals surface area contributed by atoms with Gasteiger partial charge in [0.25, 0.3) is 0 Å². The lowest BCUT2D eigenvalue weighted by molar-refractivity contribution is -0.125. The molecule has 0 fully saturated rings. The third-order valence-electron chi connectivity index (χ3n) is 5.34. The van der Waals surface area contributed by atoms with Crippen molar-refractivity contribution in [2.24, 2.45) is 0 Å². The minimum atomic E-state index is -0.700. The zero-order valence-corrected chi connectivity index (χ0v) is 19.8. The number of nitrogens with one attached hydrogen (secondary N) is 1. The molecule has 0 saturated carbocycles. The summed E-state index contributed by atoms with van der Waals surface area (Å²) in [5.74, 6) is -0.498. The van der Waals surface area contributed by atoms with Crippen molar-refractivity contribution in [2.45, 2.75) is 25.8 Å². The summed E-state index contributed by atoms with van der Waals surface area (Å²) in [5, 5.41) is 14.6. The van der Waals surface area contributed by atoms with E-state index in [1.54, 1.807) is 30.5 Å². The second-order valence-corrected chi connectivity index (χ2v) is 8.43. The van der Waals surface area contributed by atoms with Crippen LogP contribution in [-0.4, -0.2) is 42.9 Å². The number of hydrogen-bond donors (Lipinski definition) is 1. The third kappa shape index (κ3) is 6.68. The Kier molecular flexibility index (Phi) is 7.74. The molecule has 0 aliphatic rings. The highest BCUT2D eigenvalue weighted by molar-refractivity contribution is 6.30. The molecule has 0 saturated heterocycles. The highest BCUT2D eigenvalue weighted by Gasteiger charge is 2.21. The first-order valence-electron chi connectivity index (χ1n) is 11.0. The Morgan fingerprint density at radius 1 is 1.09 bits per heavy atom. The number of rotatable bonds is 9. The molecule has 1 amide bonds.